The summed E-state index contributed by atoms with van der Waals surface area (Å²) in [5, 5.41) is 15.4. The second-order valence-electron chi connectivity index (χ2n) is 5.97. The van der Waals surface area contributed by atoms with E-state index in [0.717, 1.165) is 6.07 Å². The summed E-state index contributed by atoms with van der Waals surface area (Å²) in [6.45, 7) is 4.48. The smallest absolute Gasteiger partial charge is 0.338 e. The van der Waals surface area contributed by atoms with Crippen molar-refractivity contribution in [2.45, 2.75) is 26.3 Å². The molecule has 10 nitrogen and oxygen atoms in total. The fraction of sp³-hybridized carbons (Fsp3) is 0.400. The van der Waals surface area contributed by atoms with Crippen LogP contribution in [-0.2, 0) is 9.53 Å². The first kappa shape index (κ1) is 19.9. The van der Waals surface area contributed by atoms with Gasteiger partial charge in [0.25, 0.3) is 5.91 Å². The van der Waals surface area contributed by atoms with Crippen molar-refractivity contribution in [1.82, 2.24) is 10.6 Å². The molecule has 0 heterocycles. The van der Waals surface area contributed by atoms with E-state index in [1.807, 2.05) is 5.32 Å². The average molecular weight is 353 g/mol. The van der Waals surface area contributed by atoms with Crippen LogP contribution in [0, 0.1) is 10.1 Å². The van der Waals surface area contributed by atoms with Crippen molar-refractivity contribution < 1.29 is 28.8 Å². The van der Waals surface area contributed by atoms with Gasteiger partial charge in [0.2, 0.25) is 0 Å². The molecule has 3 amide bonds. The van der Waals surface area contributed by atoms with Crippen LogP contribution in [0.5, 0.6) is 5.75 Å². The molecule has 1 aromatic rings. The van der Waals surface area contributed by atoms with Crippen LogP contribution in [0.2, 0.25) is 0 Å². The quantitative estimate of drug-likeness (QED) is 0.463. The summed E-state index contributed by atoms with van der Waals surface area (Å²) in [7, 11) is 1.26. The minimum atomic E-state index is -0.947. The van der Waals surface area contributed by atoms with Gasteiger partial charge in [-0.15, -0.1) is 0 Å². The Morgan fingerprint density at radius 2 is 1.88 bits per heavy atom. The number of hydrogen-bond donors (Lipinski definition) is 2. The van der Waals surface area contributed by atoms with Crippen LogP contribution >= 0.6 is 0 Å². The number of esters is 1. The molecule has 0 fully saturated rings. The highest BCUT2D eigenvalue weighted by atomic mass is 16.6. The number of nitrogens with zero attached hydrogens (tertiary/aromatic N) is 1. The van der Waals surface area contributed by atoms with Crippen LogP contribution in [-0.4, -0.2) is 42.1 Å². The summed E-state index contributed by atoms with van der Waals surface area (Å²) in [5.41, 5.74) is -1.08. The second-order valence-corrected chi connectivity index (χ2v) is 5.97. The standard InChI is InChI=1S/C15H19N3O7/c1-15(2,3)17-14(21)16-12(19)8-25-13(20)9-5-6-11(24-4)10(7-9)18(22)23/h5-7H,8H2,1-4H3,(H2,16,17,19,21). The summed E-state index contributed by atoms with van der Waals surface area (Å²) in [5.74, 6) is -1.80. The van der Waals surface area contributed by atoms with Crippen molar-refractivity contribution in [1.29, 1.82) is 0 Å². The molecule has 10 heteroatoms. The molecular weight excluding hydrogens is 334 g/mol. The zero-order valence-electron chi connectivity index (χ0n) is 14.2. The van der Waals surface area contributed by atoms with Gasteiger partial charge in [0.15, 0.2) is 12.4 Å². The largest absolute Gasteiger partial charge is 0.490 e. The fourth-order valence-corrected chi connectivity index (χ4v) is 1.71. The highest BCUT2D eigenvalue weighted by Gasteiger charge is 2.20. The topological polar surface area (TPSA) is 137 Å². The summed E-state index contributed by atoms with van der Waals surface area (Å²) < 4.78 is 9.56. The van der Waals surface area contributed by atoms with Gasteiger partial charge >= 0.3 is 17.7 Å². The Bertz CT molecular complexity index is 695. The van der Waals surface area contributed by atoms with Crippen molar-refractivity contribution in [2.24, 2.45) is 0 Å². The van der Waals surface area contributed by atoms with E-state index in [-0.39, 0.29) is 11.3 Å². The number of nitrogens with one attached hydrogen (secondary N) is 2. The summed E-state index contributed by atoms with van der Waals surface area (Å²) in [6.07, 6.45) is 0. The molecular formula is C15H19N3O7. The maximum Gasteiger partial charge on any atom is 0.338 e. The monoisotopic (exact) mass is 353 g/mol. The molecule has 0 spiro atoms. The van der Waals surface area contributed by atoms with Crippen molar-refractivity contribution in [2.75, 3.05) is 13.7 Å². The molecule has 0 radical (unpaired) electrons. The van der Waals surface area contributed by atoms with E-state index in [2.05, 4.69) is 5.32 Å². The maximum atomic E-state index is 11.9. The van der Waals surface area contributed by atoms with Gasteiger partial charge in [-0.3, -0.25) is 20.2 Å². The minimum absolute atomic E-state index is 0.0156. The first-order valence-corrected chi connectivity index (χ1v) is 7.15. The third-order valence-corrected chi connectivity index (χ3v) is 2.69. The molecule has 2 N–H and O–H groups in total. The van der Waals surface area contributed by atoms with Gasteiger partial charge in [-0.25, -0.2) is 9.59 Å². The number of carbonyl (C=O) groups excluding carboxylic acids is 3. The Balaban J connectivity index is 2.65. The first-order chi connectivity index (χ1) is 11.5. The Labute approximate surface area is 143 Å². The summed E-state index contributed by atoms with van der Waals surface area (Å²) in [4.78, 5) is 45.2. The average Bonchev–Trinajstić information content (AvgIpc) is 2.49. The molecule has 0 aromatic heterocycles. The number of benzene rings is 1. The van der Waals surface area contributed by atoms with E-state index in [1.54, 1.807) is 20.8 Å². The van der Waals surface area contributed by atoms with Crippen LogP contribution in [0.15, 0.2) is 18.2 Å². The van der Waals surface area contributed by atoms with E-state index in [1.165, 1.54) is 19.2 Å². The molecule has 0 aliphatic rings. The number of ether oxygens (including phenoxy) is 2. The van der Waals surface area contributed by atoms with Crippen molar-refractivity contribution in [3.8, 4) is 5.75 Å². The van der Waals surface area contributed by atoms with Gasteiger partial charge in [0.1, 0.15) is 0 Å². The van der Waals surface area contributed by atoms with E-state index >= 15 is 0 Å². The molecule has 1 rings (SSSR count). The first-order valence-electron chi connectivity index (χ1n) is 7.15. The molecule has 25 heavy (non-hydrogen) atoms. The number of rotatable bonds is 5. The van der Waals surface area contributed by atoms with Crippen LogP contribution in [0.1, 0.15) is 31.1 Å². The molecule has 0 bridgehead atoms. The molecule has 136 valence electrons. The highest BCUT2D eigenvalue weighted by molar-refractivity contribution is 5.97. The van der Waals surface area contributed by atoms with Crippen LogP contribution in [0.4, 0.5) is 10.5 Å². The third kappa shape index (κ3) is 6.45. The lowest BCUT2D eigenvalue weighted by atomic mass is 10.1. The zero-order chi connectivity index (χ0) is 19.2. The predicted molar refractivity (Wildman–Crippen MR) is 86.4 cm³/mol. The molecule has 0 saturated carbocycles. The van der Waals surface area contributed by atoms with Gasteiger partial charge in [0.05, 0.1) is 17.6 Å². The van der Waals surface area contributed by atoms with Crippen LogP contribution in [0.25, 0.3) is 0 Å². The Hall–Kier alpha value is -3.17. The lowest BCUT2D eigenvalue weighted by Crippen LogP contribution is -2.49. The fourth-order valence-electron chi connectivity index (χ4n) is 1.71. The van der Waals surface area contributed by atoms with Crippen LogP contribution < -0.4 is 15.4 Å². The molecule has 0 atom stereocenters. The lowest BCUT2D eigenvalue weighted by Gasteiger charge is -2.20. The number of nitro benzene ring substituents is 1. The van der Waals surface area contributed by atoms with Gasteiger partial charge in [-0.1, -0.05) is 0 Å². The third-order valence-electron chi connectivity index (χ3n) is 2.69. The predicted octanol–water partition coefficient (Wildman–Crippen LogP) is 1.38. The molecule has 0 aliphatic carbocycles. The number of methoxy groups -OCH3 is 1. The highest BCUT2D eigenvalue weighted by Crippen LogP contribution is 2.27. The second kappa shape index (κ2) is 8.08. The lowest BCUT2D eigenvalue weighted by molar-refractivity contribution is -0.385. The van der Waals surface area contributed by atoms with Crippen molar-refractivity contribution in [3.63, 3.8) is 0 Å². The Morgan fingerprint density at radius 3 is 2.40 bits per heavy atom. The van der Waals surface area contributed by atoms with Gasteiger partial charge < -0.3 is 14.8 Å². The SMILES string of the molecule is COc1ccc(C(=O)OCC(=O)NC(=O)NC(C)(C)C)cc1[N+](=O)[O-]. The van der Waals surface area contributed by atoms with Crippen molar-refractivity contribution in [3.05, 3.63) is 33.9 Å². The Morgan fingerprint density at radius 1 is 1.24 bits per heavy atom. The van der Waals surface area contributed by atoms with Crippen molar-refractivity contribution >= 4 is 23.6 Å². The van der Waals surface area contributed by atoms with Gasteiger partial charge in [-0.05, 0) is 32.9 Å². The number of imide groups is 1. The van der Waals surface area contributed by atoms with Crippen LogP contribution in [0.3, 0.4) is 0 Å². The molecule has 0 aliphatic heterocycles. The molecule has 0 saturated heterocycles. The maximum absolute atomic E-state index is 11.9. The molecule has 0 unspecified atom stereocenters. The van der Waals surface area contributed by atoms with E-state index < -0.39 is 40.7 Å². The van der Waals surface area contributed by atoms with E-state index in [4.69, 9.17) is 9.47 Å². The minimum Gasteiger partial charge on any atom is -0.490 e. The zero-order valence-corrected chi connectivity index (χ0v) is 14.2. The Kier molecular flexibility index (Phi) is 6.43. The van der Waals surface area contributed by atoms with Gasteiger partial charge in [-0.2, -0.15) is 0 Å². The normalized spacial score (nSPS) is 10.6. The summed E-state index contributed by atoms with van der Waals surface area (Å²) >= 11 is 0. The number of nitro groups is 1. The van der Waals surface area contributed by atoms with Gasteiger partial charge in [0, 0.05) is 11.6 Å². The molecule has 1 aromatic carbocycles. The number of hydrogen-bond acceptors (Lipinski definition) is 7. The number of amides is 3. The van der Waals surface area contributed by atoms with E-state index in [0.29, 0.717) is 0 Å². The summed E-state index contributed by atoms with van der Waals surface area (Å²) in [6, 6.07) is 2.75. The number of urea groups is 1. The number of carbonyl (C=O) groups is 3. The van der Waals surface area contributed by atoms with E-state index in [9.17, 15) is 24.5 Å².